The molecule has 10 rings (SSSR count). The Balaban J connectivity index is 1.04. The number of hydrogen-bond acceptors (Lipinski definition) is 14. The molecule has 6 heterocycles. The molecule has 6 aromatic rings. The molecule has 0 radical (unpaired) electrons. The average molecular weight is 1220 g/mol. The van der Waals surface area contributed by atoms with E-state index in [2.05, 4.69) is 15.6 Å². The number of benzene rings is 4. The highest BCUT2D eigenvalue weighted by molar-refractivity contribution is 7.46. The van der Waals surface area contributed by atoms with Gasteiger partial charge < -0.3 is 68.5 Å². The molecule has 4 aliphatic rings. The summed E-state index contributed by atoms with van der Waals surface area (Å²) < 4.78 is 121. The molecule has 8 atom stereocenters. The van der Waals surface area contributed by atoms with E-state index in [1.807, 2.05) is 0 Å². The Kier molecular flexibility index (Phi) is 18.3. The van der Waals surface area contributed by atoms with Crippen LogP contribution in [0.4, 0.5) is 42.9 Å². The number of fused-ring (bicyclic) bond motifs is 2. The zero-order valence-corrected chi connectivity index (χ0v) is 49.0. The van der Waals surface area contributed by atoms with Crippen molar-refractivity contribution in [2.24, 2.45) is 0 Å². The molecule has 4 aliphatic heterocycles. The maximum atomic E-state index is 17.4. The van der Waals surface area contributed by atoms with Crippen LogP contribution >= 0.6 is 7.82 Å². The Morgan fingerprint density at radius 3 is 1.74 bits per heavy atom. The fourth-order valence-corrected chi connectivity index (χ4v) is 13.0. The molecule has 0 bridgehead atoms. The molecule has 0 spiro atoms. The summed E-state index contributed by atoms with van der Waals surface area (Å²) in [5.74, 6) is -4.50. The maximum Gasteiger partial charge on any atom is 0.471 e. The number of ether oxygens (including phenoxy) is 4. The first kappa shape index (κ1) is 61.7. The number of anilines is 2. The van der Waals surface area contributed by atoms with Crippen molar-refractivity contribution in [2.45, 2.75) is 126 Å². The van der Waals surface area contributed by atoms with Crippen LogP contribution in [0.25, 0.3) is 22.1 Å². The van der Waals surface area contributed by atoms with Crippen LogP contribution in [0.3, 0.4) is 0 Å². The van der Waals surface area contributed by atoms with E-state index in [9.17, 15) is 37.9 Å². The molecule has 28 heteroatoms. The highest BCUT2D eigenvalue weighted by atomic mass is 31.2. The Bertz CT molecular complexity index is 3540. The van der Waals surface area contributed by atoms with Gasteiger partial charge in [0.15, 0.2) is 11.6 Å². The lowest BCUT2D eigenvalue weighted by Gasteiger charge is -2.36. The number of amides is 4. The predicted octanol–water partition coefficient (Wildman–Crippen LogP) is 8.99. The van der Waals surface area contributed by atoms with Gasteiger partial charge in [-0.05, 0) is 113 Å². The Morgan fingerprint density at radius 1 is 0.663 bits per heavy atom. The lowest BCUT2D eigenvalue weighted by atomic mass is 9.89. The first-order valence-electron chi connectivity index (χ1n) is 28.3. The van der Waals surface area contributed by atoms with Crippen LogP contribution in [-0.4, -0.2) is 142 Å². The summed E-state index contributed by atoms with van der Waals surface area (Å²) in [6.45, 7) is 3.35. The number of nitrogens with zero attached hydrogens (tertiary/aromatic N) is 7. The third-order valence-electron chi connectivity index (χ3n) is 17.2. The second kappa shape index (κ2) is 25.5. The van der Waals surface area contributed by atoms with Gasteiger partial charge in [-0.1, -0.05) is 12.1 Å². The minimum absolute atomic E-state index is 0.00683. The van der Waals surface area contributed by atoms with Crippen molar-refractivity contribution in [1.82, 2.24) is 40.0 Å². The lowest BCUT2D eigenvalue weighted by molar-refractivity contribution is -0.138. The molecular formula is C58H68F5N10O12P. The second-order valence-corrected chi connectivity index (χ2v) is 23.3. The number of alkyl carbamates (subject to hydrolysis) is 2. The first-order chi connectivity index (χ1) is 41.1. The van der Waals surface area contributed by atoms with Gasteiger partial charge in [0.25, 0.3) is 0 Å². The number of aromatic nitrogens is 4. The van der Waals surface area contributed by atoms with Crippen molar-refractivity contribution in [1.29, 1.82) is 0 Å². The van der Waals surface area contributed by atoms with Gasteiger partial charge in [0, 0.05) is 69.3 Å². The fraction of sp³-hybridized carbons (Fsp3) is 0.483. The number of imidazole rings is 2. The Labute approximate surface area is 491 Å². The lowest BCUT2D eigenvalue weighted by Crippen LogP contribution is -2.54. The van der Waals surface area contributed by atoms with E-state index in [-0.39, 0.29) is 95.5 Å². The summed E-state index contributed by atoms with van der Waals surface area (Å²) in [5.41, 5.74) is 1.17. The molecule has 4 saturated heterocycles. The molecule has 4 aromatic carbocycles. The zero-order valence-electron chi connectivity index (χ0n) is 48.1. The van der Waals surface area contributed by atoms with Crippen molar-refractivity contribution in [3.05, 3.63) is 118 Å². The smallest absolute Gasteiger partial charge is 0.453 e. The topological polar surface area (TPSA) is 255 Å². The monoisotopic (exact) mass is 1220 g/mol. The van der Waals surface area contributed by atoms with Gasteiger partial charge in [0.1, 0.15) is 53.6 Å². The number of methoxy groups -OCH3 is 4. The van der Waals surface area contributed by atoms with Gasteiger partial charge in [0.2, 0.25) is 11.8 Å². The minimum atomic E-state index is -5.21. The fourth-order valence-electron chi connectivity index (χ4n) is 12.8. The van der Waals surface area contributed by atoms with E-state index in [1.165, 1.54) is 61.1 Å². The molecule has 4 amide bonds. The summed E-state index contributed by atoms with van der Waals surface area (Å²) in [4.78, 5) is 92.1. The van der Waals surface area contributed by atoms with Crippen LogP contribution in [0.1, 0.15) is 124 Å². The van der Waals surface area contributed by atoms with E-state index >= 15 is 17.6 Å². The number of carbonyl (C=O) groups is 4. The molecule has 2 aromatic heterocycles. The van der Waals surface area contributed by atoms with Gasteiger partial charge in [-0.15, -0.1) is 0 Å². The number of likely N-dealkylation sites (tertiary alicyclic amines) is 2. The van der Waals surface area contributed by atoms with Gasteiger partial charge in [-0.3, -0.25) is 14.1 Å². The third-order valence-corrected chi connectivity index (χ3v) is 17.7. The maximum absolute atomic E-state index is 17.4. The van der Waals surface area contributed by atoms with Crippen LogP contribution < -0.4 is 20.4 Å². The highest BCUT2D eigenvalue weighted by Gasteiger charge is 2.44. The number of rotatable bonds is 18. The largest absolute Gasteiger partial charge is 0.471 e. The molecular weight excluding hydrogens is 1150 g/mol. The summed E-state index contributed by atoms with van der Waals surface area (Å²) in [6, 6.07) is 7.57. The van der Waals surface area contributed by atoms with E-state index in [0.29, 0.717) is 50.0 Å². The summed E-state index contributed by atoms with van der Waals surface area (Å²) in [6.07, 6.45) is -0.413. The Morgan fingerprint density at radius 2 is 1.20 bits per heavy atom. The van der Waals surface area contributed by atoms with Gasteiger partial charge in [-0.25, -0.2) is 46.1 Å². The van der Waals surface area contributed by atoms with E-state index in [1.54, 1.807) is 40.7 Å². The zero-order chi connectivity index (χ0) is 61.5. The average Bonchev–Trinajstić information content (AvgIpc) is 1.65. The molecule has 4 fully saturated rings. The summed E-state index contributed by atoms with van der Waals surface area (Å²) >= 11 is 0. The van der Waals surface area contributed by atoms with E-state index in [0.717, 1.165) is 30.9 Å². The standard InChI is InChI=1S/C58H68F5N10O12P/c1-30(81-3)50(67-57(76)83-5)55(74)70-19-7-9-47(70)53-64-42-25-36(38(60)27-43(42)65-53)45-15-16-46(73(45)35-23-40(62)52(41(63)24-35)69-21-17-33(18-22-69)32-11-13-34(59)14-12-32)37-26-49-44(28-39(37)61)66-54(72(49)29-85-86(78,79)80)48-10-8-20-71(48)56(75)51(31(2)82-4)68-58(77)84-6/h11-14,23-28,30-31,33,45-48,50-51H,7-10,15-22,29H2,1-6H3,(H,64,65)(H,67,76)(H,68,77)(H2,78,79,80)/t30-,31-,45-,46-,47+,48+,50+,51+/m1/s1. The van der Waals surface area contributed by atoms with E-state index in [4.69, 9.17) is 33.4 Å². The quantitative estimate of drug-likeness (QED) is 0.0397. The predicted molar refractivity (Wildman–Crippen MR) is 302 cm³/mol. The molecule has 462 valence electrons. The number of phosphoric ester groups is 1. The van der Waals surface area contributed by atoms with Crippen molar-refractivity contribution < 1.29 is 79.0 Å². The molecule has 0 unspecified atom stereocenters. The number of piperidine rings is 1. The van der Waals surface area contributed by atoms with E-state index < -0.39 is 110 Å². The van der Waals surface area contributed by atoms with Crippen molar-refractivity contribution >= 4 is 65.3 Å². The summed E-state index contributed by atoms with van der Waals surface area (Å²) in [7, 11) is -0.156. The number of hydrogen-bond donors (Lipinski definition) is 5. The van der Waals surface area contributed by atoms with Gasteiger partial charge in [0.05, 0.1) is 72.7 Å². The molecule has 22 nitrogen and oxygen atoms in total. The Hall–Kier alpha value is -7.42. The molecule has 86 heavy (non-hydrogen) atoms. The van der Waals surface area contributed by atoms with Crippen molar-refractivity contribution in [3.8, 4) is 0 Å². The normalized spacial score (nSPS) is 20.8. The van der Waals surface area contributed by atoms with Crippen LogP contribution in [0.15, 0.2) is 60.7 Å². The highest BCUT2D eigenvalue weighted by Crippen LogP contribution is 2.51. The minimum Gasteiger partial charge on any atom is -0.453 e. The van der Waals surface area contributed by atoms with Crippen molar-refractivity contribution in [2.75, 3.05) is 64.4 Å². The molecule has 0 saturated carbocycles. The van der Waals surface area contributed by atoms with Gasteiger partial charge >= 0.3 is 20.0 Å². The van der Waals surface area contributed by atoms with Crippen LogP contribution in [0, 0.1) is 29.1 Å². The number of nitrogens with one attached hydrogen (secondary N) is 3. The van der Waals surface area contributed by atoms with Gasteiger partial charge in [-0.2, -0.15) is 0 Å². The number of H-pyrrole nitrogens is 1. The number of phosphoric acid groups is 1. The SMILES string of the molecule is COC(=O)N[C@H](C(=O)N1CCC[C@H]1c1nc2cc(F)c([C@H]3CC[C@H](c4cc5c(cc4F)nc([C@@H]4CCCN4C(=O)[C@@H](NC(=O)OC)[C@@H](C)OC)n5COP(=O)(O)O)N3c3cc(F)c(N4CCC(c5ccc(F)cc5)CC4)c(F)c3)cc2[nH]1)[C@@H](C)OC. The van der Waals surface area contributed by atoms with Crippen molar-refractivity contribution in [3.63, 3.8) is 0 Å². The number of aromatic amines is 1. The number of carbonyl (C=O) groups excluding carboxylic acids is 4. The van der Waals surface area contributed by atoms with Crippen LogP contribution in [0.5, 0.6) is 0 Å². The molecule has 5 N–H and O–H groups in total. The van der Waals surface area contributed by atoms with Crippen LogP contribution in [-0.2, 0) is 44.4 Å². The number of halogens is 5. The molecule has 0 aliphatic carbocycles. The van der Waals surface area contributed by atoms with Crippen LogP contribution in [0.2, 0.25) is 0 Å². The summed E-state index contributed by atoms with van der Waals surface area (Å²) in [5, 5.41) is 5.06. The second-order valence-electron chi connectivity index (χ2n) is 22.1. The third kappa shape index (κ3) is 12.4. The first-order valence-corrected chi connectivity index (χ1v) is 29.9.